The van der Waals surface area contributed by atoms with Gasteiger partial charge in [0.15, 0.2) is 5.76 Å². The lowest BCUT2D eigenvalue weighted by molar-refractivity contribution is 0.0348. The molecule has 0 aliphatic heterocycles. The molecule has 1 aromatic carbocycles. The number of carbonyl (C=O) groups excluding carboxylic acids is 2. The Morgan fingerprint density at radius 1 is 1.09 bits per heavy atom. The molecule has 1 aromatic heterocycles. The van der Waals surface area contributed by atoms with E-state index in [0.29, 0.717) is 5.56 Å². The zero-order valence-electron chi connectivity index (χ0n) is 14.1. The SMILES string of the molecule is Cc1cccc(C(=O)N(NC(=O)c2ccco2)C(C)(C)C)c1C. The van der Waals surface area contributed by atoms with Crippen molar-refractivity contribution in [2.75, 3.05) is 0 Å². The Bertz CT molecular complexity index is 712. The monoisotopic (exact) mass is 314 g/mol. The summed E-state index contributed by atoms with van der Waals surface area (Å²) in [5.41, 5.74) is 4.57. The van der Waals surface area contributed by atoms with E-state index >= 15 is 0 Å². The van der Waals surface area contributed by atoms with Crippen LogP contribution in [0.5, 0.6) is 0 Å². The molecule has 0 fully saturated rings. The number of benzene rings is 1. The Hall–Kier alpha value is -2.56. The molecular formula is C18H22N2O3. The lowest BCUT2D eigenvalue weighted by Crippen LogP contribution is -2.56. The Morgan fingerprint density at radius 3 is 2.35 bits per heavy atom. The maximum absolute atomic E-state index is 13.0. The minimum Gasteiger partial charge on any atom is -0.459 e. The predicted octanol–water partition coefficient (Wildman–Crippen LogP) is 3.48. The van der Waals surface area contributed by atoms with E-state index in [-0.39, 0.29) is 11.7 Å². The molecule has 0 radical (unpaired) electrons. The molecule has 2 aromatic rings. The molecule has 2 amide bonds. The van der Waals surface area contributed by atoms with Gasteiger partial charge in [-0.15, -0.1) is 0 Å². The van der Waals surface area contributed by atoms with Gasteiger partial charge in [0.05, 0.1) is 11.8 Å². The number of nitrogens with zero attached hydrogens (tertiary/aromatic N) is 1. The Balaban J connectivity index is 2.34. The summed E-state index contributed by atoms with van der Waals surface area (Å²) in [5, 5.41) is 1.35. The molecule has 122 valence electrons. The zero-order chi connectivity index (χ0) is 17.2. The number of hydrogen-bond donors (Lipinski definition) is 1. The molecule has 0 aliphatic carbocycles. The fourth-order valence-electron chi connectivity index (χ4n) is 2.19. The summed E-state index contributed by atoms with van der Waals surface area (Å²) in [6.45, 7) is 9.43. The molecule has 2 rings (SSSR count). The van der Waals surface area contributed by atoms with E-state index < -0.39 is 11.4 Å². The quantitative estimate of drug-likeness (QED) is 0.863. The van der Waals surface area contributed by atoms with Crippen molar-refractivity contribution >= 4 is 11.8 Å². The highest BCUT2D eigenvalue weighted by Gasteiger charge is 2.31. The van der Waals surface area contributed by atoms with Crippen LogP contribution in [-0.2, 0) is 0 Å². The van der Waals surface area contributed by atoms with Crippen LogP contribution in [0.15, 0.2) is 41.0 Å². The van der Waals surface area contributed by atoms with Crippen molar-refractivity contribution in [2.24, 2.45) is 0 Å². The van der Waals surface area contributed by atoms with Crippen LogP contribution >= 0.6 is 0 Å². The van der Waals surface area contributed by atoms with Gasteiger partial charge < -0.3 is 4.42 Å². The Labute approximate surface area is 136 Å². The van der Waals surface area contributed by atoms with Crippen LogP contribution in [0.1, 0.15) is 52.8 Å². The summed E-state index contributed by atoms with van der Waals surface area (Å²) >= 11 is 0. The molecule has 1 N–H and O–H groups in total. The van der Waals surface area contributed by atoms with E-state index in [1.54, 1.807) is 18.2 Å². The van der Waals surface area contributed by atoms with E-state index in [1.165, 1.54) is 11.3 Å². The summed E-state index contributed by atoms with van der Waals surface area (Å²) in [7, 11) is 0. The van der Waals surface area contributed by atoms with Gasteiger partial charge in [0.1, 0.15) is 0 Å². The standard InChI is InChI=1S/C18H22N2O3/c1-12-8-6-9-14(13(12)2)17(22)20(18(3,4)5)19-16(21)15-10-7-11-23-15/h6-11H,1-5H3,(H,19,21). The number of hydrogen-bond acceptors (Lipinski definition) is 3. The van der Waals surface area contributed by atoms with Crippen LogP contribution in [0.25, 0.3) is 0 Å². The molecule has 0 atom stereocenters. The summed E-state index contributed by atoms with van der Waals surface area (Å²) < 4.78 is 5.09. The third-order valence-electron chi connectivity index (χ3n) is 3.67. The number of hydrazine groups is 1. The molecule has 5 heteroatoms. The molecule has 5 nitrogen and oxygen atoms in total. The molecule has 0 bridgehead atoms. The highest BCUT2D eigenvalue weighted by Crippen LogP contribution is 2.20. The highest BCUT2D eigenvalue weighted by atomic mass is 16.3. The highest BCUT2D eigenvalue weighted by molar-refractivity contribution is 5.99. The number of rotatable bonds is 2. The number of nitrogens with one attached hydrogen (secondary N) is 1. The second-order valence-electron chi connectivity index (χ2n) is 6.48. The van der Waals surface area contributed by atoms with Crippen LogP contribution in [0.4, 0.5) is 0 Å². The van der Waals surface area contributed by atoms with E-state index in [4.69, 9.17) is 4.42 Å². The van der Waals surface area contributed by atoms with Crippen molar-refractivity contribution in [3.8, 4) is 0 Å². The number of aryl methyl sites for hydroxylation is 1. The maximum atomic E-state index is 13.0. The zero-order valence-corrected chi connectivity index (χ0v) is 14.1. The number of amides is 2. The average molecular weight is 314 g/mol. The van der Waals surface area contributed by atoms with E-state index in [2.05, 4.69) is 5.43 Å². The van der Waals surface area contributed by atoms with Crippen molar-refractivity contribution in [1.82, 2.24) is 10.4 Å². The van der Waals surface area contributed by atoms with Gasteiger partial charge in [-0.2, -0.15) is 0 Å². The van der Waals surface area contributed by atoms with E-state index in [1.807, 2.05) is 46.8 Å². The van der Waals surface area contributed by atoms with Crippen molar-refractivity contribution in [1.29, 1.82) is 0 Å². The summed E-state index contributed by atoms with van der Waals surface area (Å²) in [4.78, 5) is 25.2. The van der Waals surface area contributed by atoms with E-state index in [9.17, 15) is 9.59 Å². The largest absolute Gasteiger partial charge is 0.459 e. The van der Waals surface area contributed by atoms with Crippen LogP contribution in [0, 0.1) is 13.8 Å². The first-order valence-corrected chi connectivity index (χ1v) is 7.47. The van der Waals surface area contributed by atoms with Gasteiger partial charge in [-0.3, -0.25) is 15.0 Å². The first kappa shape index (κ1) is 16.8. The lowest BCUT2D eigenvalue weighted by atomic mass is 10.0. The van der Waals surface area contributed by atoms with Gasteiger partial charge in [-0.25, -0.2) is 5.01 Å². The van der Waals surface area contributed by atoms with Crippen molar-refractivity contribution in [2.45, 2.75) is 40.2 Å². The van der Waals surface area contributed by atoms with Crippen molar-refractivity contribution in [3.05, 3.63) is 59.0 Å². The number of furan rings is 1. The molecule has 0 saturated carbocycles. The lowest BCUT2D eigenvalue weighted by Gasteiger charge is -2.35. The molecule has 1 heterocycles. The van der Waals surface area contributed by atoms with Crippen LogP contribution < -0.4 is 5.43 Å². The van der Waals surface area contributed by atoms with Crippen molar-refractivity contribution in [3.63, 3.8) is 0 Å². The second kappa shape index (κ2) is 6.28. The van der Waals surface area contributed by atoms with E-state index in [0.717, 1.165) is 11.1 Å². The van der Waals surface area contributed by atoms with Gasteiger partial charge in [0.2, 0.25) is 0 Å². The van der Waals surface area contributed by atoms with Gasteiger partial charge in [0, 0.05) is 5.56 Å². The Kier molecular flexibility index (Phi) is 4.59. The van der Waals surface area contributed by atoms with Gasteiger partial charge in [0.25, 0.3) is 5.91 Å². The molecular weight excluding hydrogens is 292 g/mol. The van der Waals surface area contributed by atoms with Gasteiger partial charge in [-0.1, -0.05) is 12.1 Å². The molecule has 0 unspecified atom stereocenters. The third kappa shape index (κ3) is 3.62. The molecule has 23 heavy (non-hydrogen) atoms. The molecule has 0 spiro atoms. The first-order valence-electron chi connectivity index (χ1n) is 7.47. The summed E-state index contributed by atoms with van der Waals surface area (Å²) in [5.74, 6) is -0.546. The molecule has 0 aliphatic rings. The van der Waals surface area contributed by atoms with Crippen LogP contribution in [0.3, 0.4) is 0 Å². The summed E-state index contributed by atoms with van der Waals surface area (Å²) in [6.07, 6.45) is 1.42. The minimum atomic E-state index is -0.588. The normalized spacial score (nSPS) is 11.2. The smallest absolute Gasteiger partial charge is 0.305 e. The fraction of sp³-hybridized carbons (Fsp3) is 0.333. The van der Waals surface area contributed by atoms with Crippen molar-refractivity contribution < 1.29 is 14.0 Å². The Morgan fingerprint density at radius 2 is 1.78 bits per heavy atom. The second-order valence-corrected chi connectivity index (χ2v) is 6.48. The topological polar surface area (TPSA) is 62.6 Å². The predicted molar refractivity (Wildman–Crippen MR) is 88.0 cm³/mol. The number of carbonyl (C=O) groups is 2. The van der Waals surface area contributed by atoms with Gasteiger partial charge >= 0.3 is 5.91 Å². The van der Waals surface area contributed by atoms with Crippen LogP contribution in [-0.4, -0.2) is 22.4 Å². The minimum absolute atomic E-state index is 0.160. The first-order chi connectivity index (χ1) is 10.7. The fourth-order valence-corrected chi connectivity index (χ4v) is 2.19. The average Bonchev–Trinajstić information content (AvgIpc) is 3.00. The maximum Gasteiger partial charge on any atom is 0.305 e. The molecule has 0 saturated heterocycles. The van der Waals surface area contributed by atoms with Gasteiger partial charge in [-0.05, 0) is 63.9 Å². The third-order valence-corrected chi connectivity index (χ3v) is 3.67. The van der Waals surface area contributed by atoms with Crippen LogP contribution in [0.2, 0.25) is 0 Å². The summed E-state index contributed by atoms with van der Waals surface area (Å²) in [6, 6.07) is 8.74.